The van der Waals surface area contributed by atoms with Gasteiger partial charge in [0.2, 0.25) is 0 Å². The summed E-state index contributed by atoms with van der Waals surface area (Å²) in [5.41, 5.74) is -0.0363. The maximum Gasteiger partial charge on any atom is 0.354 e. The van der Waals surface area contributed by atoms with Gasteiger partial charge in [0.1, 0.15) is 11.4 Å². The third-order valence-electron chi connectivity index (χ3n) is 4.54. The zero-order chi connectivity index (χ0) is 15.6. The van der Waals surface area contributed by atoms with Crippen LogP contribution in [-0.4, -0.2) is 40.2 Å². The van der Waals surface area contributed by atoms with Crippen LogP contribution in [0.4, 0.5) is 0 Å². The first-order chi connectivity index (χ1) is 10.6. The highest BCUT2D eigenvalue weighted by Crippen LogP contribution is 2.39. The number of pyridine rings is 1. The van der Waals surface area contributed by atoms with Crippen LogP contribution in [0.2, 0.25) is 0 Å². The van der Waals surface area contributed by atoms with Crippen molar-refractivity contribution in [3.8, 4) is 0 Å². The van der Waals surface area contributed by atoms with Crippen molar-refractivity contribution >= 4 is 11.9 Å². The molecule has 118 valence electrons. The number of nitrogens with one attached hydrogen (secondary N) is 1. The molecule has 1 saturated heterocycles. The van der Waals surface area contributed by atoms with E-state index in [9.17, 15) is 9.59 Å². The molecular weight excluding hydrogens is 284 g/mol. The number of amides is 1. The Morgan fingerprint density at radius 3 is 2.73 bits per heavy atom. The third-order valence-corrected chi connectivity index (χ3v) is 4.54. The molecule has 1 unspecified atom stereocenters. The zero-order valence-electron chi connectivity index (χ0n) is 12.4. The molecule has 1 aliphatic heterocycles. The fraction of sp³-hybridized carbons (Fsp3) is 0.562. The van der Waals surface area contributed by atoms with Crippen molar-refractivity contribution in [1.82, 2.24) is 10.3 Å². The second-order valence-electron chi connectivity index (χ2n) is 6.11. The number of carboxylic acid groups (broad SMARTS) is 1. The van der Waals surface area contributed by atoms with E-state index in [2.05, 4.69) is 10.3 Å². The van der Waals surface area contributed by atoms with E-state index >= 15 is 0 Å². The molecule has 1 atom stereocenters. The average molecular weight is 304 g/mol. The highest BCUT2D eigenvalue weighted by molar-refractivity contribution is 5.94. The van der Waals surface area contributed by atoms with Gasteiger partial charge in [0, 0.05) is 12.6 Å². The lowest BCUT2D eigenvalue weighted by atomic mass is 9.89. The van der Waals surface area contributed by atoms with Crippen LogP contribution in [-0.2, 0) is 4.74 Å². The first kappa shape index (κ1) is 15.0. The molecule has 1 spiro atoms. The van der Waals surface area contributed by atoms with Crippen LogP contribution in [0.15, 0.2) is 18.2 Å². The molecule has 6 nitrogen and oxygen atoms in total. The van der Waals surface area contributed by atoms with Crippen molar-refractivity contribution in [2.75, 3.05) is 6.61 Å². The van der Waals surface area contributed by atoms with E-state index < -0.39 is 5.97 Å². The number of rotatable bonds is 3. The lowest BCUT2D eigenvalue weighted by Crippen LogP contribution is -2.47. The van der Waals surface area contributed by atoms with Gasteiger partial charge in [-0.05, 0) is 37.8 Å². The summed E-state index contributed by atoms with van der Waals surface area (Å²) in [5, 5.41) is 11.9. The summed E-state index contributed by atoms with van der Waals surface area (Å²) in [4.78, 5) is 27.1. The van der Waals surface area contributed by atoms with Gasteiger partial charge in [-0.2, -0.15) is 0 Å². The molecule has 2 fully saturated rings. The topological polar surface area (TPSA) is 88.5 Å². The van der Waals surface area contributed by atoms with Gasteiger partial charge in [0.25, 0.3) is 5.91 Å². The molecule has 1 aromatic rings. The summed E-state index contributed by atoms with van der Waals surface area (Å²) < 4.78 is 5.95. The van der Waals surface area contributed by atoms with Crippen LogP contribution in [0.3, 0.4) is 0 Å². The molecule has 22 heavy (non-hydrogen) atoms. The van der Waals surface area contributed by atoms with E-state index in [0.717, 1.165) is 25.7 Å². The van der Waals surface area contributed by atoms with Gasteiger partial charge in [-0.15, -0.1) is 0 Å². The minimum Gasteiger partial charge on any atom is -0.477 e. The molecule has 2 heterocycles. The number of aromatic carboxylic acids is 1. The summed E-state index contributed by atoms with van der Waals surface area (Å²) >= 11 is 0. The molecule has 6 heteroatoms. The fourth-order valence-corrected chi connectivity index (χ4v) is 3.46. The minimum absolute atomic E-state index is 0.0630. The van der Waals surface area contributed by atoms with E-state index in [1.54, 1.807) is 0 Å². The number of ether oxygens (including phenoxy) is 1. The summed E-state index contributed by atoms with van der Waals surface area (Å²) in [6, 6.07) is 4.51. The quantitative estimate of drug-likeness (QED) is 0.891. The summed E-state index contributed by atoms with van der Waals surface area (Å²) in [5.74, 6) is -1.45. The second-order valence-corrected chi connectivity index (χ2v) is 6.11. The molecule has 0 radical (unpaired) electrons. The van der Waals surface area contributed by atoms with Crippen molar-refractivity contribution in [2.24, 2.45) is 0 Å². The highest BCUT2D eigenvalue weighted by Gasteiger charge is 2.40. The van der Waals surface area contributed by atoms with Crippen molar-refractivity contribution in [1.29, 1.82) is 0 Å². The van der Waals surface area contributed by atoms with E-state index in [1.807, 2.05) is 0 Å². The molecule has 0 aromatic carbocycles. The van der Waals surface area contributed by atoms with Gasteiger partial charge in [-0.1, -0.05) is 18.9 Å². The van der Waals surface area contributed by atoms with Gasteiger partial charge in [-0.25, -0.2) is 9.78 Å². The monoisotopic (exact) mass is 304 g/mol. The molecule has 3 rings (SSSR count). The predicted molar refractivity (Wildman–Crippen MR) is 78.8 cm³/mol. The molecule has 1 aliphatic carbocycles. The van der Waals surface area contributed by atoms with Gasteiger partial charge < -0.3 is 15.2 Å². The Hall–Kier alpha value is -1.95. The third kappa shape index (κ3) is 3.11. The smallest absolute Gasteiger partial charge is 0.354 e. The summed E-state index contributed by atoms with van der Waals surface area (Å²) in [7, 11) is 0. The van der Waals surface area contributed by atoms with Gasteiger partial charge >= 0.3 is 5.97 Å². The first-order valence-corrected chi connectivity index (χ1v) is 7.73. The molecule has 2 N–H and O–H groups in total. The van der Waals surface area contributed by atoms with Crippen molar-refractivity contribution < 1.29 is 19.4 Å². The average Bonchev–Trinajstić information content (AvgIpc) is 2.95. The SMILES string of the molecule is O=C(O)c1cccc(C(=O)NC2CCOC3(CCCC3)C2)n1. The largest absolute Gasteiger partial charge is 0.477 e. The number of hydrogen-bond acceptors (Lipinski definition) is 4. The standard InChI is InChI=1S/C16H20N2O4/c19-14(12-4-3-5-13(18-12)15(20)21)17-11-6-9-22-16(10-11)7-1-2-8-16/h3-5,11H,1-2,6-10H2,(H,17,19)(H,20,21). The molecule has 1 amide bonds. The predicted octanol–water partition coefficient (Wildman–Crippen LogP) is 2.00. The van der Waals surface area contributed by atoms with E-state index in [-0.39, 0.29) is 28.9 Å². The Morgan fingerprint density at radius 1 is 1.27 bits per heavy atom. The summed E-state index contributed by atoms with van der Waals surface area (Å²) in [6.45, 7) is 0.660. The molecule has 0 bridgehead atoms. The lowest BCUT2D eigenvalue weighted by Gasteiger charge is -2.38. The Labute approximate surface area is 128 Å². The number of carbonyl (C=O) groups excluding carboxylic acids is 1. The maximum atomic E-state index is 12.3. The van der Waals surface area contributed by atoms with Crippen LogP contribution in [0.5, 0.6) is 0 Å². The fourth-order valence-electron chi connectivity index (χ4n) is 3.46. The molecule has 1 aromatic heterocycles. The Bertz CT molecular complexity index is 581. The maximum absolute atomic E-state index is 12.3. The number of carbonyl (C=O) groups is 2. The molecular formula is C16H20N2O4. The van der Waals surface area contributed by atoms with E-state index in [1.165, 1.54) is 31.0 Å². The second kappa shape index (κ2) is 6.04. The lowest BCUT2D eigenvalue weighted by molar-refractivity contribution is -0.0823. The molecule has 1 saturated carbocycles. The number of aromatic nitrogens is 1. The van der Waals surface area contributed by atoms with Crippen molar-refractivity contribution in [3.05, 3.63) is 29.6 Å². The Kier molecular flexibility index (Phi) is 4.11. The minimum atomic E-state index is -1.13. The van der Waals surface area contributed by atoms with Crippen LogP contribution in [0.25, 0.3) is 0 Å². The van der Waals surface area contributed by atoms with Gasteiger partial charge in [0.05, 0.1) is 5.60 Å². The molecule has 2 aliphatic rings. The van der Waals surface area contributed by atoms with E-state index in [4.69, 9.17) is 9.84 Å². The normalized spacial score (nSPS) is 23.4. The Morgan fingerprint density at radius 2 is 2.00 bits per heavy atom. The van der Waals surface area contributed by atoms with Crippen LogP contribution >= 0.6 is 0 Å². The number of hydrogen-bond donors (Lipinski definition) is 2. The summed E-state index contributed by atoms with van der Waals surface area (Å²) in [6.07, 6.45) is 6.10. The van der Waals surface area contributed by atoms with Crippen LogP contribution in [0, 0.1) is 0 Å². The zero-order valence-corrected chi connectivity index (χ0v) is 12.4. The van der Waals surface area contributed by atoms with E-state index in [0.29, 0.717) is 6.61 Å². The highest BCUT2D eigenvalue weighted by atomic mass is 16.5. The van der Waals surface area contributed by atoms with Crippen molar-refractivity contribution in [2.45, 2.75) is 50.2 Å². The van der Waals surface area contributed by atoms with Gasteiger partial charge in [-0.3, -0.25) is 4.79 Å². The van der Waals surface area contributed by atoms with Crippen LogP contribution < -0.4 is 5.32 Å². The first-order valence-electron chi connectivity index (χ1n) is 7.73. The number of carboxylic acids is 1. The van der Waals surface area contributed by atoms with Crippen molar-refractivity contribution in [3.63, 3.8) is 0 Å². The Balaban J connectivity index is 1.66. The van der Waals surface area contributed by atoms with Crippen LogP contribution in [0.1, 0.15) is 59.5 Å². The number of nitrogens with zero attached hydrogens (tertiary/aromatic N) is 1. The van der Waals surface area contributed by atoms with Gasteiger partial charge in [0.15, 0.2) is 0 Å².